The molecular formula is HF2OTi. The van der Waals surface area contributed by atoms with E-state index >= 15 is 0 Å². The summed E-state index contributed by atoms with van der Waals surface area (Å²) in [7, 11) is 0. The van der Waals surface area contributed by atoms with Crippen molar-refractivity contribution in [2.45, 2.75) is 0 Å². The van der Waals surface area contributed by atoms with Gasteiger partial charge in [0.25, 0.3) is 0 Å². The third kappa shape index (κ3) is 20.9. The molecule has 0 aliphatic carbocycles. The van der Waals surface area contributed by atoms with Gasteiger partial charge in [0.15, 0.2) is 0 Å². The SMILES string of the molecule is [OH][Ti]([F])[F]. The van der Waals surface area contributed by atoms with Crippen LogP contribution >= 0.6 is 0 Å². The zero-order valence-electron chi connectivity index (χ0n) is 1.70. The molecule has 4 heavy (non-hydrogen) atoms. The van der Waals surface area contributed by atoms with Gasteiger partial charge in [-0.05, 0) is 0 Å². The number of rotatable bonds is 0. The summed E-state index contributed by atoms with van der Waals surface area (Å²) in [6, 6.07) is 0. The molecule has 0 aromatic rings. The molecule has 0 unspecified atom stereocenters. The van der Waals surface area contributed by atoms with E-state index in [-0.39, 0.29) is 0 Å². The molecule has 0 fully saturated rings. The van der Waals surface area contributed by atoms with E-state index in [1.54, 1.807) is 0 Å². The summed E-state index contributed by atoms with van der Waals surface area (Å²) in [6.07, 6.45) is 0. The van der Waals surface area contributed by atoms with Crippen LogP contribution in [-0.2, 0) is 19.3 Å². The van der Waals surface area contributed by atoms with Gasteiger partial charge in [0.1, 0.15) is 0 Å². The second-order valence-corrected chi connectivity index (χ2v) is 0.991. The van der Waals surface area contributed by atoms with Crippen molar-refractivity contribution >= 4 is 0 Å². The van der Waals surface area contributed by atoms with Crippen molar-refractivity contribution < 1.29 is 29.2 Å². The Bertz CT molecular complexity index is 10.8. The van der Waals surface area contributed by atoms with Crippen LogP contribution in [0.25, 0.3) is 0 Å². The third-order valence-corrected chi connectivity index (χ3v) is 0. The summed E-state index contributed by atoms with van der Waals surface area (Å²) >= 11 is -4.33. The van der Waals surface area contributed by atoms with E-state index in [0.29, 0.717) is 0 Å². The van der Waals surface area contributed by atoms with Gasteiger partial charge in [-0.3, -0.25) is 0 Å². The predicted molar refractivity (Wildman–Crippen MR) is 4.43 cm³/mol. The fourth-order valence-corrected chi connectivity index (χ4v) is 0. The maximum absolute atomic E-state index is 10.1. The third-order valence-electron chi connectivity index (χ3n) is 0. The molecule has 0 aliphatic rings. The molecule has 0 atom stereocenters. The van der Waals surface area contributed by atoms with Gasteiger partial charge >= 0.3 is 29.2 Å². The molecule has 4 heteroatoms. The quantitative estimate of drug-likeness (QED) is 0.436. The summed E-state index contributed by atoms with van der Waals surface area (Å²) in [4.78, 5) is 0. The first-order valence-electron chi connectivity index (χ1n) is 0.602. The van der Waals surface area contributed by atoms with E-state index in [2.05, 4.69) is 0 Å². The van der Waals surface area contributed by atoms with Gasteiger partial charge in [-0.1, -0.05) is 0 Å². The molecule has 25 valence electrons. The van der Waals surface area contributed by atoms with Crippen molar-refractivity contribution in [3.8, 4) is 0 Å². The van der Waals surface area contributed by atoms with Crippen molar-refractivity contribution in [2.24, 2.45) is 0 Å². The molecule has 0 saturated carbocycles. The van der Waals surface area contributed by atoms with Gasteiger partial charge in [-0.2, -0.15) is 0 Å². The normalized spacial score (nSPS) is 6.75. The van der Waals surface area contributed by atoms with E-state index in [1.165, 1.54) is 0 Å². The van der Waals surface area contributed by atoms with Crippen LogP contribution in [0.5, 0.6) is 0 Å². The Kier molecular flexibility index (Phi) is 2.06. The van der Waals surface area contributed by atoms with Crippen LogP contribution in [0.15, 0.2) is 0 Å². The van der Waals surface area contributed by atoms with Crippen LogP contribution in [0.4, 0.5) is 6.18 Å². The second kappa shape index (κ2) is 1.82. The molecule has 0 aromatic carbocycles. The minimum atomic E-state index is -4.33. The molecule has 1 nitrogen and oxygen atoms in total. The van der Waals surface area contributed by atoms with Crippen LogP contribution in [0.2, 0.25) is 0 Å². The van der Waals surface area contributed by atoms with Crippen molar-refractivity contribution in [1.82, 2.24) is 0 Å². The standard InChI is InChI=1S/2FH.H2O.Ti/h2*1H;1H2;/q;;;+3/p-3. The van der Waals surface area contributed by atoms with Gasteiger partial charge in [-0.15, -0.1) is 0 Å². The molecule has 0 saturated heterocycles. The number of halogens is 2. The molecule has 0 bridgehead atoms. The molecule has 0 amide bonds. The zero-order chi connectivity index (χ0) is 3.58. The van der Waals surface area contributed by atoms with E-state index in [0.717, 1.165) is 0 Å². The van der Waals surface area contributed by atoms with Crippen LogP contribution < -0.4 is 0 Å². The summed E-state index contributed by atoms with van der Waals surface area (Å²) < 4.78 is 27.0. The molecule has 0 radical (unpaired) electrons. The maximum atomic E-state index is 10.1. The zero-order valence-corrected chi connectivity index (χ0v) is 3.26. The Morgan fingerprint density at radius 3 is 1.50 bits per heavy atom. The average molecular weight is 103 g/mol. The Hall–Kier alpha value is 0.534. The number of hydrogen-bond donors (Lipinski definition) is 1. The Labute approximate surface area is 29.9 Å². The molecule has 1 N–H and O–H groups in total. The van der Waals surface area contributed by atoms with Crippen LogP contribution in [0.3, 0.4) is 0 Å². The molecule has 0 spiro atoms. The fourth-order valence-electron chi connectivity index (χ4n) is 0. The van der Waals surface area contributed by atoms with Gasteiger partial charge in [0.05, 0.1) is 0 Å². The monoisotopic (exact) mass is 103 g/mol. The van der Waals surface area contributed by atoms with Crippen molar-refractivity contribution in [1.29, 1.82) is 0 Å². The Morgan fingerprint density at radius 2 is 1.50 bits per heavy atom. The minimum absolute atomic E-state index is 4.33. The molecule has 0 heterocycles. The molecular weight excluding hydrogens is 102 g/mol. The van der Waals surface area contributed by atoms with Gasteiger partial charge in [0, 0.05) is 0 Å². The van der Waals surface area contributed by atoms with Gasteiger partial charge < -0.3 is 0 Å². The van der Waals surface area contributed by atoms with Crippen molar-refractivity contribution in [3.05, 3.63) is 0 Å². The molecule has 0 rings (SSSR count). The molecule has 0 aliphatic heterocycles. The summed E-state index contributed by atoms with van der Waals surface area (Å²) in [6.45, 7) is 0. The Morgan fingerprint density at radius 1 is 1.50 bits per heavy atom. The van der Waals surface area contributed by atoms with Gasteiger partial charge in [0.2, 0.25) is 0 Å². The second-order valence-electron chi connectivity index (χ2n) is 0.240. The van der Waals surface area contributed by atoms with Crippen molar-refractivity contribution in [2.75, 3.05) is 0 Å². The molecule has 0 aromatic heterocycles. The van der Waals surface area contributed by atoms with E-state index in [1.807, 2.05) is 0 Å². The van der Waals surface area contributed by atoms with Gasteiger partial charge in [-0.25, -0.2) is 0 Å². The first-order chi connectivity index (χ1) is 1.73. The topological polar surface area (TPSA) is 20.2 Å². The van der Waals surface area contributed by atoms with Crippen LogP contribution in [0, 0.1) is 0 Å². The average Bonchev–Trinajstić information content (AvgIpc) is 0.811. The van der Waals surface area contributed by atoms with Crippen LogP contribution in [0.1, 0.15) is 0 Å². The summed E-state index contributed by atoms with van der Waals surface area (Å²) in [5, 5.41) is 0. The fraction of sp³-hybridized carbons (Fsp3) is 0. The van der Waals surface area contributed by atoms with E-state index < -0.39 is 19.3 Å². The number of hydrogen-bond acceptors (Lipinski definition) is 1. The summed E-state index contributed by atoms with van der Waals surface area (Å²) in [5.41, 5.74) is 0. The van der Waals surface area contributed by atoms with Crippen molar-refractivity contribution in [3.63, 3.8) is 0 Å². The summed E-state index contributed by atoms with van der Waals surface area (Å²) in [5.74, 6) is 0. The Balaban J connectivity index is 2.32. The first kappa shape index (κ1) is 4.53. The first-order valence-corrected chi connectivity index (χ1v) is 2.48. The van der Waals surface area contributed by atoms with Crippen LogP contribution in [-0.4, -0.2) is 3.69 Å². The predicted octanol–water partition coefficient (Wildman–Crippen LogP) is 0.281. The van der Waals surface area contributed by atoms with E-state index in [4.69, 9.17) is 3.69 Å². The van der Waals surface area contributed by atoms with E-state index in [9.17, 15) is 6.18 Å².